The lowest BCUT2D eigenvalue weighted by Crippen LogP contribution is -2.37. The second-order valence-corrected chi connectivity index (χ2v) is 4.21. The largest absolute Gasteiger partial charge is 0.445 e. The van der Waals surface area contributed by atoms with E-state index in [1.807, 2.05) is 44.2 Å². The maximum Gasteiger partial charge on any atom is 0.407 e. The predicted octanol–water partition coefficient (Wildman–Crippen LogP) is 3.12. The first-order chi connectivity index (χ1) is 8.13. The van der Waals surface area contributed by atoms with E-state index < -0.39 is 6.09 Å². The number of alkyl carbamates (subject to hydrolysis) is 1. The van der Waals surface area contributed by atoms with E-state index in [1.54, 1.807) is 6.08 Å². The van der Waals surface area contributed by atoms with Crippen molar-refractivity contribution in [3.8, 4) is 0 Å². The summed E-state index contributed by atoms with van der Waals surface area (Å²) in [4.78, 5) is 11.5. The van der Waals surface area contributed by atoms with Gasteiger partial charge in [-0.1, -0.05) is 50.3 Å². The van der Waals surface area contributed by atoms with Crippen LogP contribution in [0.1, 0.15) is 19.4 Å². The molecule has 0 saturated carbocycles. The Morgan fingerprint density at radius 2 is 2.06 bits per heavy atom. The van der Waals surface area contributed by atoms with Gasteiger partial charge in [0.2, 0.25) is 0 Å². The number of benzene rings is 1. The van der Waals surface area contributed by atoms with Gasteiger partial charge in [0.1, 0.15) is 6.61 Å². The van der Waals surface area contributed by atoms with Crippen molar-refractivity contribution in [1.82, 2.24) is 5.32 Å². The van der Waals surface area contributed by atoms with Gasteiger partial charge >= 0.3 is 6.09 Å². The molecular formula is C14H19NO2. The van der Waals surface area contributed by atoms with Crippen molar-refractivity contribution in [2.45, 2.75) is 26.5 Å². The molecule has 0 aliphatic rings. The van der Waals surface area contributed by atoms with Crippen molar-refractivity contribution in [2.75, 3.05) is 0 Å². The zero-order valence-corrected chi connectivity index (χ0v) is 10.3. The van der Waals surface area contributed by atoms with Crippen LogP contribution in [0.5, 0.6) is 0 Å². The van der Waals surface area contributed by atoms with Crippen molar-refractivity contribution in [3.63, 3.8) is 0 Å². The number of nitrogens with one attached hydrogen (secondary N) is 1. The molecular weight excluding hydrogens is 214 g/mol. The molecule has 0 unspecified atom stereocenters. The quantitative estimate of drug-likeness (QED) is 0.793. The van der Waals surface area contributed by atoms with Gasteiger partial charge in [-0.25, -0.2) is 4.79 Å². The molecule has 0 aromatic heterocycles. The van der Waals surface area contributed by atoms with Crippen LogP contribution in [0.25, 0.3) is 0 Å². The van der Waals surface area contributed by atoms with Gasteiger partial charge in [0.05, 0.1) is 6.04 Å². The minimum Gasteiger partial charge on any atom is -0.445 e. The van der Waals surface area contributed by atoms with Crippen LogP contribution >= 0.6 is 0 Å². The van der Waals surface area contributed by atoms with E-state index in [9.17, 15) is 4.79 Å². The predicted molar refractivity (Wildman–Crippen MR) is 68.6 cm³/mol. The fourth-order valence-corrected chi connectivity index (χ4v) is 1.40. The molecule has 0 heterocycles. The Balaban J connectivity index is 2.37. The van der Waals surface area contributed by atoms with Crippen LogP contribution in [0.3, 0.4) is 0 Å². The molecule has 1 aromatic rings. The Kier molecular flexibility index (Phi) is 5.27. The van der Waals surface area contributed by atoms with Crippen molar-refractivity contribution in [3.05, 3.63) is 48.6 Å². The van der Waals surface area contributed by atoms with Crippen LogP contribution in [0.4, 0.5) is 4.79 Å². The van der Waals surface area contributed by atoms with E-state index in [4.69, 9.17) is 4.74 Å². The summed E-state index contributed by atoms with van der Waals surface area (Å²) in [6, 6.07) is 9.53. The molecule has 0 saturated heterocycles. The number of carbonyl (C=O) groups is 1. The van der Waals surface area contributed by atoms with Crippen LogP contribution in [0.15, 0.2) is 43.0 Å². The number of carbonyl (C=O) groups excluding carboxylic acids is 1. The third-order valence-corrected chi connectivity index (χ3v) is 2.47. The summed E-state index contributed by atoms with van der Waals surface area (Å²) < 4.78 is 5.11. The third kappa shape index (κ3) is 4.72. The molecule has 0 spiro atoms. The first kappa shape index (κ1) is 13.3. The Morgan fingerprint density at radius 3 is 2.59 bits per heavy atom. The number of amides is 1. The van der Waals surface area contributed by atoms with Gasteiger partial charge in [-0.2, -0.15) is 0 Å². The number of hydrogen-bond acceptors (Lipinski definition) is 2. The molecule has 1 N–H and O–H groups in total. The van der Waals surface area contributed by atoms with Crippen molar-refractivity contribution < 1.29 is 9.53 Å². The lowest BCUT2D eigenvalue weighted by molar-refractivity contribution is 0.135. The molecule has 0 fully saturated rings. The minimum atomic E-state index is -0.410. The summed E-state index contributed by atoms with van der Waals surface area (Å²) in [6.07, 6.45) is 1.31. The van der Waals surface area contributed by atoms with Gasteiger partial charge in [-0.15, -0.1) is 6.58 Å². The average molecular weight is 233 g/mol. The maximum absolute atomic E-state index is 11.5. The highest BCUT2D eigenvalue weighted by Crippen LogP contribution is 2.04. The highest BCUT2D eigenvalue weighted by Gasteiger charge is 2.12. The molecule has 3 heteroatoms. The lowest BCUT2D eigenvalue weighted by Gasteiger charge is -2.18. The molecule has 1 atom stereocenters. The molecule has 0 radical (unpaired) electrons. The smallest absolute Gasteiger partial charge is 0.407 e. The average Bonchev–Trinajstić information content (AvgIpc) is 2.34. The fraction of sp³-hybridized carbons (Fsp3) is 0.357. The summed E-state index contributed by atoms with van der Waals surface area (Å²) in [5, 5.41) is 2.76. The number of hydrogen-bond donors (Lipinski definition) is 1. The van der Waals surface area contributed by atoms with E-state index >= 15 is 0 Å². The molecule has 1 rings (SSSR count). The van der Waals surface area contributed by atoms with Gasteiger partial charge in [-0.05, 0) is 11.5 Å². The second-order valence-electron chi connectivity index (χ2n) is 4.21. The standard InChI is InChI=1S/C14H19NO2/c1-4-13(11(2)3)15-14(16)17-10-12-8-6-5-7-9-12/h4-9,11,13H,1,10H2,2-3H3,(H,15,16)/t13-/m1/s1. The molecule has 92 valence electrons. The summed E-state index contributed by atoms with van der Waals surface area (Å²) in [6.45, 7) is 8.01. The SMILES string of the molecule is C=C[C@@H](NC(=O)OCc1ccccc1)C(C)C. The van der Waals surface area contributed by atoms with E-state index in [2.05, 4.69) is 11.9 Å². The monoisotopic (exact) mass is 233 g/mol. The van der Waals surface area contributed by atoms with Crippen molar-refractivity contribution >= 4 is 6.09 Å². The van der Waals surface area contributed by atoms with Gasteiger partial charge in [0, 0.05) is 0 Å². The molecule has 3 nitrogen and oxygen atoms in total. The number of rotatable bonds is 5. The Labute approximate surface area is 102 Å². The molecule has 0 bridgehead atoms. The van der Waals surface area contributed by atoms with E-state index in [1.165, 1.54) is 0 Å². The lowest BCUT2D eigenvalue weighted by atomic mass is 10.1. The summed E-state index contributed by atoms with van der Waals surface area (Å²) in [7, 11) is 0. The Bertz CT molecular complexity index is 360. The van der Waals surface area contributed by atoms with Crippen LogP contribution in [0.2, 0.25) is 0 Å². The van der Waals surface area contributed by atoms with E-state index in [0.29, 0.717) is 5.92 Å². The van der Waals surface area contributed by atoms with Crippen molar-refractivity contribution in [2.24, 2.45) is 5.92 Å². The summed E-state index contributed by atoms with van der Waals surface area (Å²) >= 11 is 0. The van der Waals surface area contributed by atoms with E-state index in [0.717, 1.165) is 5.56 Å². The highest BCUT2D eigenvalue weighted by molar-refractivity contribution is 5.67. The van der Waals surface area contributed by atoms with Gasteiger partial charge in [0.15, 0.2) is 0 Å². The Hall–Kier alpha value is -1.77. The van der Waals surface area contributed by atoms with Gasteiger partial charge < -0.3 is 10.1 Å². The Morgan fingerprint density at radius 1 is 1.41 bits per heavy atom. The third-order valence-electron chi connectivity index (χ3n) is 2.47. The molecule has 1 aromatic carbocycles. The highest BCUT2D eigenvalue weighted by atomic mass is 16.5. The van der Waals surface area contributed by atoms with Crippen LogP contribution < -0.4 is 5.32 Å². The zero-order valence-electron chi connectivity index (χ0n) is 10.3. The van der Waals surface area contributed by atoms with Gasteiger partial charge in [-0.3, -0.25) is 0 Å². The molecule has 0 aliphatic heterocycles. The topological polar surface area (TPSA) is 38.3 Å². The first-order valence-electron chi connectivity index (χ1n) is 5.73. The molecule has 17 heavy (non-hydrogen) atoms. The van der Waals surface area contributed by atoms with Crippen LogP contribution in [-0.2, 0) is 11.3 Å². The zero-order chi connectivity index (χ0) is 12.7. The first-order valence-corrected chi connectivity index (χ1v) is 5.73. The maximum atomic E-state index is 11.5. The summed E-state index contributed by atoms with van der Waals surface area (Å²) in [5.74, 6) is 0.303. The second kappa shape index (κ2) is 6.74. The van der Waals surface area contributed by atoms with Gasteiger partial charge in [0.25, 0.3) is 0 Å². The molecule has 1 amide bonds. The normalized spacial score (nSPS) is 11.9. The van der Waals surface area contributed by atoms with Crippen LogP contribution in [0, 0.1) is 5.92 Å². The van der Waals surface area contributed by atoms with Crippen LogP contribution in [-0.4, -0.2) is 12.1 Å². The fourth-order valence-electron chi connectivity index (χ4n) is 1.40. The molecule has 0 aliphatic carbocycles. The minimum absolute atomic E-state index is 0.0572. The number of ether oxygens (including phenoxy) is 1. The van der Waals surface area contributed by atoms with E-state index in [-0.39, 0.29) is 12.6 Å². The van der Waals surface area contributed by atoms with Crippen molar-refractivity contribution in [1.29, 1.82) is 0 Å². The summed E-state index contributed by atoms with van der Waals surface area (Å²) in [5.41, 5.74) is 0.974.